The van der Waals surface area contributed by atoms with Gasteiger partial charge in [-0.2, -0.15) is 18.2 Å². The van der Waals surface area contributed by atoms with E-state index in [4.69, 9.17) is 4.98 Å². The smallest absolute Gasteiger partial charge is 0.324 e. The molecule has 1 fully saturated rings. The number of fused-ring (bicyclic) bond motifs is 1. The number of nitrogens with one attached hydrogen (secondary N) is 1. The van der Waals surface area contributed by atoms with Gasteiger partial charge in [-0.3, -0.25) is 9.36 Å². The third kappa shape index (κ3) is 6.54. The van der Waals surface area contributed by atoms with Gasteiger partial charge >= 0.3 is 6.18 Å². The molecule has 12 heteroatoms. The van der Waals surface area contributed by atoms with E-state index in [9.17, 15) is 26.4 Å². The Morgan fingerprint density at radius 3 is 2.30 bits per heavy atom. The Morgan fingerprint density at radius 1 is 0.935 bits per heavy atom. The summed E-state index contributed by atoms with van der Waals surface area (Å²) < 4.78 is 66.1. The van der Waals surface area contributed by atoms with Gasteiger partial charge in [0.25, 0.3) is 5.56 Å². The van der Waals surface area contributed by atoms with E-state index in [0.29, 0.717) is 22.6 Å². The maximum absolute atomic E-state index is 14.2. The number of rotatable bonds is 7. The number of likely N-dealkylation sites (tertiary alicyclic amines) is 1. The fourth-order valence-corrected chi connectivity index (χ4v) is 7.46. The van der Waals surface area contributed by atoms with Crippen LogP contribution >= 0.6 is 0 Å². The summed E-state index contributed by atoms with van der Waals surface area (Å²) >= 11 is 0. The maximum Gasteiger partial charge on any atom is 0.403 e. The summed E-state index contributed by atoms with van der Waals surface area (Å²) in [5.74, 6) is -1.21. The van der Waals surface area contributed by atoms with Gasteiger partial charge in [-0.1, -0.05) is 42.5 Å². The zero-order valence-electron chi connectivity index (χ0n) is 25.3. The highest BCUT2D eigenvalue weighted by Gasteiger charge is 2.37. The Labute approximate surface area is 264 Å². The number of benzene rings is 3. The molecule has 3 aromatic carbocycles. The fourth-order valence-electron chi connectivity index (χ4n) is 6.01. The molecule has 46 heavy (non-hydrogen) atoms. The Morgan fingerprint density at radius 2 is 1.63 bits per heavy atom. The highest BCUT2D eigenvalue weighted by molar-refractivity contribution is 7.91. The average Bonchev–Trinajstić information content (AvgIpc) is 3.01. The molecule has 238 valence electrons. The average molecular weight is 648 g/mol. The van der Waals surface area contributed by atoms with Crippen molar-refractivity contribution in [2.75, 3.05) is 31.2 Å². The lowest BCUT2D eigenvalue weighted by Crippen LogP contribution is -2.29. The number of piperidine rings is 1. The Hall–Kier alpha value is -4.55. The second-order valence-electron chi connectivity index (χ2n) is 11.6. The van der Waals surface area contributed by atoms with Crippen molar-refractivity contribution in [1.29, 1.82) is 0 Å². The maximum atomic E-state index is 14.2. The molecule has 1 N–H and O–H groups in total. The monoisotopic (exact) mass is 647 g/mol. The van der Waals surface area contributed by atoms with Gasteiger partial charge < -0.3 is 10.2 Å². The Balaban J connectivity index is 1.41. The molecule has 0 spiro atoms. The molecule has 0 bridgehead atoms. The molecule has 0 saturated carbocycles. The molecule has 2 aromatic heterocycles. The summed E-state index contributed by atoms with van der Waals surface area (Å²) in [6.07, 6.45) is -1.13. The molecule has 0 radical (unpaired) electrons. The second kappa shape index (κ2) is 12.3. The quantitative estimate of drug-likeness (QED) is 0.211. The molecule has 3 heterocycles. The molecular weight excluding hydrogens is 615 g/mol. The zero-order valence-corrected chi connectivity index (χ0v) is 26.1. The van der Waals surface area contributed by atoms with Crippen molar-refractivity contribution in [2.24, 2.45) is 0 Å². The predicted octanol–water partition coefficient (Wildman–Crippen LogP) is 6.64. The normalized spacial score (nSPS) is 14.9. The van der Waals surface area contributed by atoms with Crippen LogP contribution in [0.5, 0.6) is 0 Å². The number of aromatic nitrogens is 3. The number of para-hydroxylation sites is 1. The number of hydrogen-bond donors (Lipinski definition) is 1. The van der Waals surface area contributed by atoms with Crippen molar-refractivity contribution in [1.82, 2.24) is 19.4 Å². The van der Waals surface area contributed by atoms with Crippen molar-refractivity contribution < 1.29 is 21.6 Å². The van der Waals surface area contributed by atoms with Gasteiger partial charge in [0.2, 0.25) is 5.95 Å². The molecule has 1 aliphatic heterocycles. The van der Waals surface area contributed by atoms with Crippen LogP contribution in [-0.4, -0.2) is 59.9 Å². The Bertz CT molecular complexity index is 2060. The van der Waals surface area contributed by atoms with Crippen LogP contribution in [0.1, 0.15) is 29.9 Å². The van der Waals surface area contributed by atoms with E-state index in [2.05, 4.69) is 34.4 Å². The van der Waals surface area contributed by atoms with Crippen LogP contribution in [0.25, 0.3) is 27.8 Å². The minimum Gasteiger partial charge on any atom is -0.324 e. The molecule has 5 aromatic rings. The number of sulfone groups is 1. The van der Waals surface area contributed by atoms with Crippen LogP contribution in [0.15, 0.2) is 94.7 Å². The van der Waals surface area contributed by atoms with Gasteiger partial charge in [0.15, 0.2) is 21.2 Å². The molecule has 0 aliphatic carbocycles. The van der Waals surface area contributed by atoms with E-state index < -0.39 is 32.2 Å². The van der Waals surface area contributed by atoms with E-state index in [0.717, 1.165) is 37.7 Å². The van der Waals surface area contributed by atoms with Gasteiger partial charge in [0, 0.05) is 22.8 Å². The predicted molar refractivity (Wildman–Crippen MR) is 173 cm³/mol. The lowest BCUT2D eigenvalue weighted by molar-refractivity contribution is -0.106. The summed E-state index contributed by atoms with van der Waals surface area (Å²) in [6.45, 7) is 3.54. The number of nitrogens with zero attached hydrogens (tertiary/aromatic N) is 4. The molecule has 8 nitrogen and oxygen atoms in total. The standard InChI is InChI=1S/C34H32F3N5O3S/c1-22-28(9-6-10-30(22)46(44,45)21-34(35,36)37)29-19-25-20-38-33(40-31(25)42(32(29)43)27-7-4-3-5-8-27)39-26-13-11-23(12-14-26)24-15-17-41(2)18-16-24/h3-14,19-20,24H,15-18,21H2,1-2H3,(H,38,39,40). The lowest BCUT2D eigenvalue weighted by Gasteiger charge is -2.29. The molecular formula is C34H32F3N5O3S. The molecule has 6 rings (SSSR count). The molecule has 0 atom stereocenters. The highest BCUT2D eigenvalue weighted by atomic mass is 32.2. The van der Waals surface area contributed by atoms with E-state index in [1.807, 2.05) is 12.1 Å². The first-order chi connectivity index (χ1) is 21.9. The van der Waals surface area contributed by atoms with Crippen LogP contribution in [0.4, 0.5) is 24.8 Å². The van der Waals surface area contributed by atoms with Crippen molar-refractivity contribution in [3.63, 3.8) is 0 Å². The summed E-state index contributed by atoms with van der Waals surface area (Å²) in [7, 11) is -2.57. The summed E-state index contributed by atoms with van der Waals surface area (Å²) in [4.78, 5) is 25.2. The number of hydrogen-bond acceptors (Lipinski definition) is 7. The SMILES string of the molecule is Cc1c(-c2cc3cnc(Nc4ccc(C5CCN(C)CC5)cc4)nc3n(-c3ccccc3)c2=O)cccc1S(=O)(=O)CC(F)(F)F. The lowest BCUT2D eigenvalue weighted by atomic mass is 9.89. The third-order valence-electron chi connectivity index (χ3n) is 8.38. The molecule has 0 unspecified atom stereocenters. The van der Waals surface area contributed by atoms with Gasteiger partial charge in [0.1, 0.15) is 0 Å². The minimum absolute atomic E-state index is 0.0470. The molecule has 1 saturated heterocycles. The largest absolute Gasteiger partial charge is 0.403 e. The van der Waals surface area contributed by atoms with Crippen LogP contribution in [-0.2, 0) is 9.84 Å². The van der Waals surface area contributed by atoms with E-state index >= 15 is 0 Å². The fraction of sp³-hybridized carbons (Fsp3) is 0.265. The minimum atomic E-state index is -4.91. The first kappa shape index (κ1) is 31.4. The van der Waals surface area contributed by atoms with Gasteiger partial charge in [-0.25, -0.2) is 13.4 Å². The first-order valence-corrected chi connectivity index (χ1v) is 16.5. The van der Waals surface area contributed by atoms with Gasteiger partial charge in [-0.05, 0) is 98.9 Å². The molecule has 1 aliphatic rings. The second-order valence-corrected chi connectivity index (χ2v) is 13.6. The van der Waals surface area contributed by atoms with Crippen molar-refractivity contribution >= 4 is 32.5 Å². The van der Waals surface area contributed by atoms with Crippen molar-refractivity contribution in [2.45, 2.75) is 36.8 Å². The van der Waals surface area contributed by atoms with Crippen LogP contribution in [0.3, 0.4) is 0 Å². The highest BCUT2D eigenvalue weighted by Crippen LogP contribution is 2.32. The number of pyridine rings is 1. The van der Waals surface area contributed by atoms with E-state index in [-0.39, 0.29) is 22.6 Å². The van der Waals surface area contributed by atoms with Crippen molar-refractivity contribution in [3.05, 3.63) is 107 Å². The zero-order chi connectivity index (χ0) is 32.6. The number of halogens is 3. The van der Waals surface area contributed by atoms with Gasteiger partial charge in [-0.15, -0.1) is 0 Å². The van der Waals surface area contributed by atoms with Crippen LogP contribution in [0, 0.1) is 6.92 Å². The van der Waals surface area contributed by atoms with Crippen LogP contribution in [0.2, 0.25) is 0 Å². The van der Waals surface area contributed by atoms with Crippen LogP contribution < -0.4 is 10.9 Å². The number of anilines is 2. The third-order valence-corrected chi connectivity index (χ3v) is 10.2. The van der Waals surface area contributed by atoms with Gasteiger partial charge in [0.05, 0.1) is 10.6 Å². The topological polar surface area (TPSA) is 97.2 Å². The molecule has 0 amide bonds. The number of alkyl halides is 3. The summed E-state index contributed by atoms with van der Waals surface area (Å²) in [5.41, 5.74) is 2.72. The Kier molecular flexibility index (Phi) is 8.43. The first-order valence-electron chi connectivity index (χ1n) is 14.8. The van der Waals surface area contributed by atoms with E-state index in [1.54, 1.807) is 42.6 Å². The summed E-state index contributed by atoms with van der Waals surface area (Å²) in [6, 6.07) is 22.5. The van der Waals surface area contributed by atoms with Crippen molar-refractivity contribution in [3.8, 4) is 16.8 Å². The summed E-state index contributed by atoms with van der Waals surface area (Å²) in [5, 5.41) is 3.70. The van der Waals surface area contributed by atoms with E-state index in [1.165, 1.54) is 29.2 Å².